The number of piperazine rings is 2. The van der Waals surface area contributed by atoms with Crippen molar-refractivity contribution in [2.24, 2.45) is 0 Å². The molecule has 5 heterocycles. The van der Waals surface area contributed by atoms with Gasteiger partial charge in [0.25, 0.3) is 0 Å². The number of benzene rings is 2. The lowest BCUT2D eigenvalue weighted by Gasteiger charge is -2.55. The Morgan fingerprint density at radius 2 is 1.76 bits per heavy atom. The van der Waals surface area contributed by atoms with Gasteiger partial charge in [0.05, 0.1) is 25.3 Å². The van der Waals surface area contributed by atoms with E-state index in [1.54, 1.807) is 11.1 Å². The van der Waals surface area contributed by atoms with E-state index in [2.05, 4.69) is 40.6 Å². The summed E-state index contributed by atoms with van der Waals surface area (Å²) < 4.78 is 30.4. The topological polar surface area (TPSA) is 119 Å². The Morgan fingerprint density at radius 1 is 1.02 bits per heavy atom. The second-order valence-corrected chi connectivity index (χ2v) is 14.6. The molecule has 4 amide bonds. The zero-order valence-corrected chi connectivity index (χ0v) is 30.7. The average Bonchev–Trinajstić information content (AvgIpc) is 3.12. The molecule has 54 heavy (non-hydrogen) atoms. The van der Waals surface area contributed by atoms with Crippen molar-refractivity contribution in [3.05, 3.63) is 102 Å². The number of likely N-dealkylation sites (N-methyl/N-ethyl adjacent to an activating group) is 1. The standard InChI is InChI=1S/C39H47F2N9O4/c1-4-13-48-25-37(52)49-34(18-31-32(40)16-30(51)17-33(31)41)38(53)47(24-36(49)50(48)39(54)42-19-27-9-6-5-7-10-27)21-28-11-8-12-35(43-28)46-22-29(23-46)45-15-14-44(3)26(2)20-45/h4-12,16-17,26,29,34,36,51H,1,13-15,18-25H2,2-3H3,(H,42,54)/t26-,34?,36?/m0/s1. The first-order valence-electron chi connectivity index (χ1n) is 18.4. The van der Waals surface area contributed by atoms with Crippen molar-refractivity contribution in [3.8, 4) is 5.75 Å². The maximum atomic E-state index is 15.2. The third kappa shape index (κ3) is 7.61. The molecule has 4 aliphatic rings. The quantitative estimate of drug-likeness (QED) is 0.303. The predicted octanol–water partition coefficient (Wildman–Crippen LogP) is 2.63. The number of halogens is 2. The number of rotatable bonds is 10. The number of nitrogens with one attached hydrogen (secondary N) is 1. The largest absolute Gasteiger partial charge is 0.508 e. The Kier molecular flexibility index (Phi) is 10.8. The number of hydrogen-bond acceptors (Lipinski definition) is 9. The van der Waals surface area contributed by atoms with Gasteiger partial charge in [0.1, 0.15) is 35.4 Å². The predicted molar refractivity (Wildman–Crippen MR) is 198 cm³/mol. The Bertz CT molecular complexity index is 1860. The number of phenolic OH excluding ortho intramolecular Hbond substituents is 1. The zero-order chi connectivity index (χ0) is 38.1. The fraction of sp³-hybridized carbons (Fsp3) is 0.436. The summed E-state index contributed by atoms with van der Waals surface area (Å²) in [5, 5.41) is 15.7. The number of hydrazine groups is 1. The van der Waals surface area contributed by atoms with Crippen LogP contribution >= 0.6 is 0 Å². The average molecular weight is 744 g/mol. The van der Waals surface area contributed by atoms with Gasteiger partial charge in [0, 0.05) is 82.0 Å². The molecule has 0 spiro atoms. The number of hydrogen-bond donors (Lipinski definition) is 2. The number of carbonyl (C=O) groups is 3. The number of aromatic hydroxyl groups is 1. The van der Waals surface area contributed by atoms with Gasteiger partial charge in [-0.15, -0.1) is 6.58 Å². The molecule has 0 bridgehead atoms. The van der Waals surface area contributed by atoms with Crippen LogP contribution in [0.4, 0.5) is 19.4 Å². The molecule has 1 aromatic heterocycles. The minimum atomic E-state index is -1.36. The number of pyridine rings is 1. The van der Waals surface area contributed by atoms with Crippen LogP contribution in [0.3, 0.4) is 0 Å². The van der Waals surface area contributed by atoms with Crippen LogP contribution in [0, 0.1) is 11.6 Å². The van der Waals surface area contributed by atoms with Gasteiger partial charge in [-0.3, -0.25) is 14.5 Å². The number of nitrogens with zero attached hydrogens (tertiary/aromatic N) is 8. The minimum absolute atomic E-state index is 0.0381. The summed E-state index contributed by atoms with van der Waals surface area (Å²) in [4.78, 5) is 57.2. The molecule has 4 aliphatic heterocycles. The van der Waals surface area contributed by atoms with E-state index in [0.717, 1.165) is 56.2 Å². The van der Waals surface area contributed by atoms with Crippen LogP contribution < -0.4 is 10.2 Å². The van der Waals surface area contributed by atoms with Crippen LogP contribution in [-0.4, -0.2) is 141 Å². The van der Waals surface area contributed by atoms with Crippen molar-refractivity contribution < 1.29 is 28.3 Å². The van der Waals surface area contributed by atoms with Crippen molar-refractivity contribution in [1.82, 2.24) is 39.9 Å². The first kappa shape index (κ1) is 37.2. The van der Waals surface area contributed by atoms with Crippen molar-refractivity contribution in [2.45, 2.75) is 50.7 Å². The maximum absolute atomic E-state index is 15.2. The van der Waals surface area contributed by atoms with Crippen LogP contribution in [0.25, 0.3) is 0 Å². The van der Waals surface area contributed by atoms with Crippen molar-refractivity contribution in [1.29, 1.82) is 0 Å². The van der Waals surface area contributed by atoms with Crippen LogP contribution in [0.5, 0.6) is 5.75 Å². The van der Waals surface area contributed by atoms with Crippen molar-refractivity contribution >= 4 is 23.7 Å². The fourth-order valence-electron chi connectivity index (χ4n) is 7.88. The lowest BCUT2D eigenvalue weighted by atomic mass is 9.97. The molecule has 15 heteroatoms. The number of amides is 4. The molecule has 286 valence electrons. The SMILES string of the molecule is C=CCN1CC(=O)N2C(Cc3c(F)cc(O)cc3F)C(=O)N(Cc3cccc(N4CC(N5CCN(C)[C@@H](C)C5)C4)n3)CC2N1C(=O)NCc1ccccc1. The second-order valence-electron chi connectivity index (χ2n) is 14.6. The van der Waals surface area contributed by atoms with E-state index in [-0.39, 0.29) is 32.7 Å². The van der Waals surface area contributed by atoms with Crippen molar-refractivity contribution in [2.75, 3.05) is 64.3 Å². The minimum Gasteiger partial charge on any atom is -0.508 e. The third-order valence-electron chi connectivity index (χ3n) is 11.0. The fourth-order valence-corrected chi connectivity index (χ4v) is 7.88. The lowest BCUT2D eigenvalue weighted by molar-refractivity contribution is -0.189. The number of aromatic nitrogens is 1. The highest BCUT2D eigenvalue weighted by atomic mass is 19.1. The zero-order valence-electron chi connectivity index (χ0n) is 30.7. The number of urea groups is 1. The highest BCUT2D eigenvalue weighted by Crippen LogP contribution is 2.32. The highest BCUT2D eigenvalue weighted by Gasteiger charge is 2.51. The maximum Gasteiger partial charge on any atom is 0.334 e. The Balaban J connectivity index is 1.16. The first-order valence-corrected chi connectivity index (χ1v) is 18.4. The van der Waals surface area contributed by atoms with Gasteiger partial charge in [-0.25, -0.2) is 28.6 Å². The van der Waals surface area contributed by atoms with E-state index in [1.165, 1.54) is 14.8 Å². The molecule has 0 saturated carbocycles. The summed E-state index contributed by atoms with van der Waals surface area (Å²) in [7, 11) is 2.16. The third-order valence-corrected chi connectivity index (χ3v) is 11.0. The molecule has 3 atom stereocenters. The van der Waals surface area contributed by atoms with E-state index in [1.807, 2.05) is 48.5 Å². The molecular weight excluding hydrogens is 696 g/mol. The molecule has 4 fully saturated rings. The number of carbonyl (C=O) groups excluding carboxylic acids is 3. The monoisotopic (exact) mass is 743 g/mol. The van der Waals surface area contributed by atoms with Crippen LogP contribution in [0.15, 0.2) is 73.3 Å². The first-order chi connectivity index (χ1) is 26.0. The molecule has 2 aromatic carbocycles. The van der Waals surface area contributed by atoms with Crippen molar-refractivity contribution in [3.63, 3.8) is 0 Å². The molecule has 13 nitrogen and oxygen atoms in total. The second kappa shape index (κ2) is 15.7. The van der Waals surface area contributed by atoms with Gasteiger partial charge < -0.3 is 30.0 Å². The Morgan fingerprint density at radius 3 is 2.46 bits per heavy atom. The van der Waals surface area contributed by atoms with Crippen LogP contribution in [0.1, 0.15) is 23.7 Å². The van der Waals surface area contributed by atoms with Gasteiger partial charge >= 0.3 is 6.03 Å². The van der Waals surface area contributed by atoms with E-state index in [4.69, 9.17) is 4.98 Å². The number of fused-ring (bicyclic) bond motifs is 1. The summed E-state index contributed by atoms with van der Waals surface area (Å²) in [6.07, 6.45) is 0.0488. The van der Waals surface area contributed by atoms with E-state index < -0.39 is 59.4 Å². The number of phenols is 1. The molecule has 7 rings (SSSR count). The lowest BCUT2D eigenvalue weighted by Crippen LogP contribution is -2.76. The van der Waals surface area contributed by atoms with Crippen LogP contribution in [-0.2, 0) is 29.1 Å². The number of anilines is 1. The van der Waals surface area contributed by atoms with E-state index in [9.17, 15) is 19.5 Å². The van der Waals surface area contributed by atoms with E-state index in [0.29, 0.717) is 17.8 Å². The highest BCUT2D eigenvalue weighted by molar-refractivity contribution is 5.91. The smallest absolute Gasteiger partial charge is 0.334 e. The Hall–Kier alpha value is -5.12. The molecular formula is C39H47F2N9O4. The van der Waals surface area contributed by atoms with Gasteiger partial charge in [-0.2, -0.15) is 0 Å². The summed E-state index contributed by atoms with van der Waals surface area (Å²) in [6.45, 7) is 10.9. The van der Waals surface area contributed by atoms with Gasteiger partial charge in [-0.05, 0) is 31.7 Å². The van der Waals surface area contributed by atoms with Gasteiger partial charge in [0.2, 0.25) is 11.8 Å². The van der Waals surface area contributed by atoms with Gasteiger partial charge in [-0.1, -0.05) is 42.5 Å². The Labute approximate surface area is 314 Å². The molecule has 3 aromatic rings. The molecule has 2 unspecified atom stereocenters. The van der Waals surface area contributed by atoms with Gasteiger partial charge in [0.15, 0.2) is 0 Å². The molecule has 0 aliphatic carbocycles. The summed E-state index contributed by atoms with van der Waals surface area (Å²) in [5.74, 6) is -2.91. The molecule has 0 radical (unpaired) electrons. The summed E-state index contributed by atoms with van der Waals surface area (Å²) in [6, 6.07) is 15.6. The normalized spacial score (nSPS) is 23.0. The molecule has 4 saturated heterocycles. The van der Waals surface area contributed by atoms with Crippen LogP contribution in [0.2, 0.25) is 0 Å². The summed E-state index contributed by atoms with van der Waals surface area (Å²) >= 11 is 0. The van der Waals surface area contributed by atoms with E-state index >= 15 is 8.78 Å². The summed E-state index contributed by atoms with van der Waals surface area (Å²) in [5.41, 5.74) is 1.01. The molecule has 2 N–H and O–H groups in total.